The first-order chi connectivity index (χ1) is 15.9. The number of hydrogen-bond donors (Lipinski definition) is 1. The minimum absolute atomic E-state index is 0.150. The molecule has 0 unspecified atom stereocenters. The number of benzene rings is 2. The van der Waals surface area contributed by atoms with Crippen LogP contribution in [0.25, 0.3) is 16.9 Å². The molecule has 0 saturated heterocycles. The highest BCUT2D eigenvalue weighted by Crippen LogP contribution is 2.36. The molecule has 1 N–H and O–H groups in total. The highest BCUT2D eigenvalue weighted by atomic mass is 32.1. The van der Waals surface area contributed by atoms with Crippen molar-refractivity contribution in [2.75, 3.05) is 18.5 Å². The summed E-state index contributed by atoms with van der Waals surface area (Å²) in [6.45, 7) is 0.953. The van der Waals surface area contributed by atoms with E-state index in [1.165, 1.54) is 29.5 Å². The number of fused-ring (bicyclic) bond motifs is 1. The molecule has 12 heteroatoms. The monoisotopic (exact) mass is 473 g/mol. The molecule has 0 aliphatic carbocycles. The van der Waals surface area contributed by atoms with E-state index in [2.05, 4.69) is 20.6 Å². The standard InChI is InChI=1S/C21H14F3N5O3S/c22-21(23,24)13-3-1-2-4-16(13)29-10-14(27-28-29)19(30)26-20-25-15(11-33-20)12-5-6-17-18(9-12)32-8-7-31-17/h1-6,9-11H,7-8H2,(H,25,26,30). The first kappa shape index (κ1) is 20.9. The fourth-order valence-electron chi connectivity index (χ4n) is 3.23. The van der Waals surface area contributed by atoms with Gasteiger partial charge in [-0.2, -0.15) is 13.2 Å². The molecule has 0 spiro atoms. The zero-order chi connectivity index (χ0) is 23.0. The Morgan fingerprint density at radius 3 is 2.70 bits per heavy atom. The van der Waals surface area contributed by atoms with E-state index in [0.29, 0.717) is 35.5 Å². The minimum atomic E-state index is -4.57. The van der Waals surface area contributed by atoms with Crippen LogP contribution >= 0.6 is 11.3 Å². The number of thiazole rings is 1. The second kappa shape index (κ2) is 8.20. The molecule has 0 atom stereocenters. The molecule has 1 aliphatic heterocycles. The van der Waals surface area contributed by atoms with Crippen LogP contribution in [0, 0.1) is 0 Å². The number of halogens is 3. The van der Waals surface area contributed by atoms with E-state index in [1.54, 1.807) is 17.5 Å². The SMILES string of the molecule is O=C(Nc1nc(-c2ccc3c(c2)OCCO3)cs1)c1cn(-c2ccccc2C(F)(F)F)nn1. The van der Waals surface area contributed by atoms with Gasteiger partial charge >= 0.3 is 6.18 Å². The summed E-state index contributed by atoms with van der Waals surface area (Å²) >= 11 is 1.19. The minimum Gasteiger partial charge on any atom is -0.486 e. The van der Waals surface area contributed by atoms with Crippen molar-refractivity contribution >= 4 is 22.4 Å². The molecule has 8 nitrogen and oxygen atoms in total. The van der Waals surface area contributed by atoms with Gasteiger partial charge in [0.2, 0.25) is 0 Å². The van der Waals surface area contributed by atoms with Gasteiger partial charge in [-0.1, -0.05) is 17.3 Å². The third-order valence-electron chi connectivity index (χ3n) is 4.74. The summed E-state index contributed by atoms with van der Waals surface area (Å²) in [5.74, 6) is 0.630. The summed E-state index contributed by atoms with van der Waals surface area (Å²) in [5.41, 5.74) is 0.140. The molecule has 2 aromatic heterocycles. The average molecular weight is 473 g/mol. The number of carbonyl (C=O) groups is 1. The van der Waals surface area contributed by atoms with Crippen LogP contribution in [0.1, 0.15) is 16.1 Å². The topological polar surface area (TPSA) is 91.2 Å². The van der Waals surface area contributed by atoms with E-state index in [1.807, 2.05) is 6.07 Å². The Hall–Kier alpha value is -3.93. The number of aromatic nitrogens is 4. The van der Waals surface area contributed by atoms with Crippen molar-refractivity contribution in [1.29, 1.82) is 0 Å². The number of hydrogen-bond acceptors (Lipinski definition) is 7. The number of nitrogens with zero attached hydrogens (tertiary/aromatic N) is 4. The summed E-state index contributed by atoms with van der Waals surface area (Å²) in [7, 11) is 0. The number of alkyl halides is 3. The third-order valence-corrected chi connectivity index (χ3v) is 5.50. The van der Waals surface area contributed by atoms with Crippen LogP contribution in [0.4, 0.5) is 18.3 Å². The lowest BCUT2D eigenvalue weighted by atomic mass is 10.1. The Labute approximate surface area is 188 Å². The number of nitrogens with one attached hydrogen (secondary N) is 1. The molecular weight excluding hydrogens is 459 g/mol. The van der Waals surface area contributed by atoms with E-state index in [0.717, 1.165) is 22.5 Å². The van der Waals surface area contributed by atoms with Crippen LogP contribution < -0.4 is 14.8 Å². The van der Waals surface area contributed by atoms with Crippen molar-refractivity contribution in [3.63, 3.8) is 0 Å². The summed E-state index contributed by atoms with van der Waals surface area (Å²) in [4.78, 5) is 17.0. The van der Waals surface area contributed by atoms with Crippen molar-refractivity contribution < 1.29 is 27.4 Å². The van der Waals surface area contributed by atoms with Crippen molar-refractivity contribution in [2.24, 2.45) is 0 Å². The lowest BCUT2D eigenvalue weighted by Gasteiger charge is -2.18. The average Bonchev–Trinajstić information content (AvgIpc) is 3.48. The molecule has 0 saturated carbocycles. The van der Waals surface area contributed by atoms with Gasteiger partial charge in [0, 0.05) is 10.9 Å². The third kappa shape index (κ3) is 4.24. The number of para-hydroxylation sites is 1. The normalized spacial score (nSPS) is 13.1. The van der Waals surface area contributed by atoms with Crippen LogP contribution in [-0.2, 0) is 6.18 Å². The van der Waals surface area contributed by atoms with Gasteiger partial charge in [-0.3, -0.25) is 10.1 Å². The van der Waals surface area contributed by atoms with E-state index in [9.17, 15) is 18.0 Å². The van der Waals surface area contributed by atoms with Gasteiger partial charge in [-0.05, 0) is 30.3 Å². The van der Waals surface area contributed by atoms with Gasteiger partial charge in [0.15, 0.2) is 22.3 Å². The summed E-state index contributed by atoms with van der Waals surface area (Å²) in [6.07, 6.45) is -3.44. The molecule has 33 heavy (non-hydrogen) atoms. The highest BCUT2D eigenvalue weighted by Gasteiger charge is 2.34. The highest BCUT2D eigenvalue weighted by molar-refractivity contribution is 7.14. The predicted octanol–water partition coefficient (Wildman–Crippen LogP) is 4.43. The summed E-state index contributed by atoms with van der Waals surface area (Å²) in [6, 6.07) is 10.3. The Bertz CT molecular complexity index is 1330. The van der Waals surface area contributed by atoms with E-state index in [-0.39, 0.29) is 11.4 Å². The molecule has 4 aromatic rings. The smallest absolute Gasteiger partial charge is 0.418 e. The molecule has 0 radical (unpaired) electrons. The summed E-state index contributed by atoms with van der Waals surface area (Å²) in [5, 5.41) is 12.0. The van der Waals surface area contributed by atoms with Crippen LogP contribution in [0.15, 0.2) is 54.0 Å². The molecule has 168 valence electrons. The largest absolute Gasteiger partial charge is 0.486 e. The van der Waals surface area contributed by atoms with Gasteiger partial charge in [0.1, 0.15) is 13.2 Å². The van der Waals surface area contributed by atoms with Crippen molar-refractivity contribution in [1.82, 2.24) is 20.0 Å². The van der Waals surface area contributed by atoms with Crippen LogP contribution in [0.5, 0.6) is 11.5 Å². The Morgan fingerprint density at radius 2 is 1.88 bits per heavy atom. The molecule has 3 heterocycles. The molecule has 5 rings (SSSR count). The van der Waals surface area contributed by atoms with Gasteiger partial charge in [0.25, 0.3) is 5.91 Å². The number of ether oxygens (including phenoxy) is 2. The Kier molecular flexibility index (Phi) is 5.21. The van der Waals surface area contributed by atoms with E-state index >= 15 is 0 Å². The van der Waals surface area contributed by atoms with E-state index < -0.39 is 17.6 Å². The van der Waals surface area contributed by atoms with Crippen LogP contribution in [-0.4, -0.2) is 39.1 Å². The Morgan fingerprint density at radius 1 is 1.09 bits per heavy atom. The first-order valence-electron chi connectivity index (χ1n) is 9.64. The number of amides is 1. The second-order valence-corrected chi connectivity index (χ2v) is 7.77. The van der Waals surface area contributed by atoms with Crippen molar-refractivity contribution in [3.8, 4) is 28.4 Å². The van der Waals surface area contributed by atoms with Crippen molar-refractivity contribution in [2.45, 2.75) is 6.18 Å². The zero-order valence-corrected chi connectivity index (χ0v) is 17.5. The maximum Gasteiger partial charge on any atom is 0.418 e. The van der Waals surface area contributed by atoms with Crippen LogP contribution in [0.3, 0.4) is 0 Å². The lowest BCUT2D eigenvalue weighted by Crippen LogP contribution is -2.15. The quantitative estimate of drug-likeness (QED) is 0.472. The van der Waals surface area contributed by atoms with Gasteiger partial charge in [-0.25, -0.2) is 9.67 Å². The zero-order valence-electron chi connectivity index (χ0n) is 16.7. The lowest BCUT2D eigenvalue weighted by molar-refractivity contribution is -0.137. The van der Waals surface area contributed by atoms with Crippen LogP contribution in [0.2, 0.25) is 0 Å². The predicted molar refractivity (Wildman–Crippen MR) is 113 cm³/mol. The number of anilines is 1. The fourth-order valence-corrected chi connectivity index (χ4v) is 3.94. The van der Waals surface area contributed by atoms with E-state index in [4.69, 9.17) is 9.47 Å². The van der Waals surface area contributed by atoms with Gasteiger partial charge < -0.3 is 9.47 Å². The first-order valence-corrected chi connectivity index (χ1v) is 10.5. The number of rotatable bonds is 4. The molecule has 1 aliphatic rings. The molecule has 0 bridgehead atoms. The summed E-state index contributed by atoms with van der Waals surface area (Å²) < 4.78 is 51.8. The molecule has 0 fully saturated rings. The maximum atomic E-state index is 13.3. The number of carbonyl (C=O) groups excluding carboxylic acids is 1. The van der Waals surface area contributed by atoms with Gasteiger partial charge in [-0.15, -0.1) is 16.4 Å². The second-order valence-electron chi connectivity index (χ2n) is 6.91. The molecule has 2 aromatic carbocycles. The van der Waals surface area contributed by atoms with Crippen molar-refractivity contribution in [3.05, 3.63) is 65.3 Å². The van der Waals surface area contributed by atoms with Gasteiger partial charge in [0.05, 0.1) is 23.1 Å². The fraction of sp³-hybridized carbons (Fsp3) is 0.143. The Balaban J connectivity index is 1.33. The maximum absolute atomic E-state index is 13.3. The molecule has 1 amide bonds. The molecular formula is C21H14F3N5O3S.